The molecule has 1 aliphatic heterocycles. The number of rotatable bonds is 2. The number of hydrogen-bond acceptors (Lipinski definition) is 3. The molecular formula is C16H14BrFO3. The van der Waals surface area contributed by atoms with Crippen molar-refractivity contribution in [2.24, 2.45) is 0 Å². The van der Waals surface area contributed by atoms with Crippen LogP contribution in [0.15, 0.2) is 40.9 Å². The van der Waals surface area contributed by atoms with Gasteiger partial charge < -0.3 is 14.6 Å². The van der Waals surface area contributed by atoms with Crippen LogP contribution < -0.4 is 9.47 Å². The maximum absolute atomic E-state index is 13.8. The van der Waals surface area contributed by atoms with Gasteiger partial charge in [0, 0.05) is 16.5 Å². The average molecular weight is 353 g/mol. The van der Waals surface area contributed by atoms with Crippen molar-refractivity contribution in [3.63, 3.8) is 0 Å². The van der Waals surface area contributed by atoms with Crippen LogP contribution in [-0.2, 0) is 0 Å². The van der Waals surface area contributed by atoms with E-state index in [1.54, 1.807) is 18.2 Å². The standard InChI is InChI=1S/C16H14BrFO3/c1-20-15-4-2-9(6-12(15)18)16-8-13(19)11-7-10(17)3-5-14(11)21-16/h2-7,13,16,19H,8H2,1H3/t13-,16?/m1/s1. The van der Waals surface area contributed by atoms with Crippen LogP contribution in [-0.4, -0.2) is 12.2 Å². The van der Waals surface area contributed by atoms with Gasteiger partial charge in [0.1, 0.15) is 11.9 Å². The lowest BCUT2D eigenvalue weighted by molar-refractivity contribution is 0.0655. The van der Waals surface area contributed by atoms with Gasteiger partial charge in [-0.2, -0.15) is 0 Å². The Morgan fingerprint density at radius 1 is 1.29 bits per heavy atom. The van der Waals surface area contributed by atoms with Crippen molar-refractivity contribution in [1.82, 2.24) is 0 Å². The molecule has 0 amide bonds. The van der Waals surface area contributed by atoms with Gasteiger partial charge in [0.15, 0.2) is 11.6 Å². The maximum atomic E-state index is 13.8. The first kappa shape index (κ1) is 14.4. The molecule has 2 atom stereocenters. The molecule has 3 nitrogen and oxygen atoms in total. The highest BCUT2D eigenvalue weighted by Gasteiger charge is 2.28. The highest BCUT2D eigenvalue weighted by molar-refractivity contribution is 9.10. The van der Waals surface area contributed by atoms with E-state index >= 15 is 0 Å². The quantitative estimate of drug-likeness (QED) is 0.882. The van der Waals surface area contributed by atoms with Gasteiger partial charge in [0.05, 0.1) is 13.2 Å². The molecule has 0 aliphatic carbocycles. The lowest BCUT2D eigenvalue weighted by Crippen LogP contribution is -2.19. The third-order valence-corrected chi connectivity index (χ3v) is 4.08. The molecule has 21 heavy (non-hydrogen) atoms. The molecule has 0 spiro atoms. The molecular weight excluding hydrogens is 339 g/mol. The van der Waals surface area contributed by atoms with Gasteiger partial charge in [-0.25, -0.2) is 4.39 Å². The predicted molar refractivity (Wildman–Crippen MR) is 80.0 cm³/mol. The summed E-state index contributed by atoms with van der Waals surface area (Å²) in [6.45, 7) is 0. The molecule has 0 saturated heterocycles. The number of aliphatic hydroxyl groups excluding tert-OH is 1. The van der Waals surface area contributed by atoms with Crippen LogP contribution in [0.4, 0.5) is 4.39 Å². The molecule has 110 valence electrons. The molecule has 0 aromatic heterocycles. The van der Waals surface area contributed by atoms with Gasteiger partial charge in [-0.3, -0.25) is 0 Å². The van der Waals surface area contributed by atoms with E-state index in [9.17, 15) is 9.50 Å². The monoisotopic (exact) mass is 352 g/mol. The smallest absolute Gasteiger partial charge is 0.165 e. The minimum Gasteiger partial charge on any atom is -0.494 e. The second kappa shape index (κ2) is 5.66. The van der Waals surface area contributed by atoms with Crippen LogP contribution in [0.1, 0.15) is 29.8 Å². The first-order valence-electron chi connectivity index (χ1n) is 6.56. The van der Waals surface area contributed by atoms with Gasteiger partial charge in [-0.15, -0.1) is 0 Å². The van der Waals surface area contributed by atoms with Crippen LogP contribution in [0.25, 0.3) is 0 Å². The highest BCUT2D eigenvalue weighted by atomic mass is 79.9. The lowest BCUT2D eigenvalue weighted by Gasteiger charge is -2.30. The van der Waals surface area contributed by atoms with Gasteiger partial charge in [0.2, 0.25) is 0 Å². The molecule has 0 bridgehead atoms. The molecule has 0 saturated carbocycles. The van der Waals surface area contributed by atoms with Crippen LogP contribution in [0.3, 0.4) is 0 Å². The Morgan fingerprint density at radius 3 is 2.81 bits per heavy atom. The van der Waals surface area contributed by atoms with E-state index in [0.29, 0.717) is 17.7 Å². The largest absolute Gasteiger partial charge is 0.494 e. The number of methoxy groups -OCH3 is 1. The van der Waals surface area contributed by atoms with E-state index in [2.05, 4.69) is 15.9 Å². The Balaban J connectivity index is 1.92. The summed E-state index contributed by atoms with van der Waals surface area (Å²) in [6.07, 6.45) is -0.634. The number of hydrogen-bond donors (Lipinski definition) is 1. The van der Waals surface area contributed by atoms with E-state index in [4.69, 9.17) is 9.47 Å². The summed E-state index contributed by atoms with van der Waals surface area (Å²) in [5.74, 6) is 0.382. The minimum atomic E-state index is -0.638. The summed E-state index contributed by atoms with van der Waals surface area (Å²) in [6, 6.07) is 10.2. The second-order valence-corrected chi connectivity index (χ2v) is 5.85. The van der Waals surface area contributed by atoms with Crippen LogP contribution in [0.5, 0.6) is 11.5 Å². The topological polar surface area (TPSA) is 38.7 Å². The lowest BCUT2D eigenvalue weighted by atomic mass is 9.95. The zero-order valence-electron chi connectivity index (χ0n) is 11.3. The second-order valence-electron chi connectivity index (χ2n) is 4.93. The number of fused-ring (bicyclic) bond motifs is 1. The first-order valence-corrected chi connectivity index (χ1v) is 7.35. The summed E-state index contributed by atoms with van der Waals surface area (Å²) in [7, 11) is 1.42. The van der Waals surface area contributed by atoms with E-state index < -0.39 is 11.9 Å². The fourth-order valence-corrected chi connectivity index (χ4v) is 2.88. The number of benzene rings is 2. The number of aliphatic hydroxyl groups is 1. The van der Waals surface area contributed by atoms with Crippen LogP contribution in [0, 0.1) is 5.82 Å². The minimum absolute atomic E-state index is 0.194. The third kappa shape index (κ3) is 2.76. The van der Waals surface area contributed by atoms with Crippen molar-refractivity contribution >= 4 is 15.9 Å². The van der Waals surface area contributed by atoms with Crippen LogP contribution >= 0.6 is 15.9 Å². The third-order valence-electron chi connectivity index (χ3n) is 3.59. The van der Waals surface area contributed by atoms with Gasteiger partial charge in [-0.05, 0) is 35.9 Å². The molecule has 1 N–H and O–H groups in total. The van der Waals surface area contributed by atoms with E-state index in [1.807, 2.05) is 12.1 Å². The summed E-state index contributed by atoms with van der Waals surface area (Å²) >= 11 is 3.37. The molecule has 0 radical (unpaired) electrons. The van der Waals surface area contributed by atoms with Crippen molar-refractivity contribution in [3.8, 4) is 11.5 Å². The average Bonchev–Trinajstić information content (AvgIpc) is 2.47. The summed E-state index contributed by atoms with van der Waals surface area (Å²) in [4.78, 5) is 0. The first-order chi connectivity index (χ1) is 10.1. The van der Waals surface area contributed by atoms with Crippen molar-refractivity contribution in [2.75, 3.05) is 7.11 Å². The molecule has 5 heteroatoms. The van der Waals surface area contributed by atoms with Crippen molar-refractivity contribution in [2.45, 2.75) is 18.6 Å². The van der Waals surface area contributed by atoms with E-state index in [1.165, 1.54) is 13.2 Å². The molecule has 3 rings (SSSR count). The Morgan fingerprint density at radius 2 is 2.10 bits per heavy atom. The molecule has 1 unspecified atom stereocenters. The summed E-state index contributed by atoms with van der Waals surface area (Å²) in [5.41, 5.74) is 1.43. The molecule has 1 heterocycles. The van der Waals surface area contributed by atoms with Gasteiger partial charge in [-0.1, -0.05) is 22.0 Å². The molecule has 2 aromatic rings. The zero-order valence-corrected chi connectivity index (χ0v) is 12.9. The number of ether oxygens (including phenoxy) is 2. The van der Waals surface area contributed by atoms with Crippen LogP contribution in [0.2, 0.25) is 0 Å². The van der Waals surface area contributed by atoms with Crippen molar-refractivity contribution in [1.29, 1.82) is 0 Å². The van der Waals surface area contributed by atoms with E-state index in [-0.39, 0.29) is 11.9 Å². The fourth-order valence-electron chi connectivity index (χ4n) is 2.51. The maximum Gasteiger partial charge on any atom is 0.165 e. The van der Waals surface area contributed by atoms with E-state index in [0.717, 1.165) is 10.0 Å². The normalized spacial score (nSPS) is 20.6. The molecule has 2 aromatic carbocycles. The SMILES string of the molecule is COc1ccc(C2C[C@@H](O)c3cc(Br)ccc3O2)cc1F. The Bertz CT molecular complexity index is 675. The van der Waals surface area contributed by atoms with Crippen molar-refractivity contribution < 1.29 is 19.0 Å². The summed E-state index contributed by atoms with van der Waals surface area (Å²) in [5, 5.41) is 10.3. The fraction of sp³-hybridized carbons (Fsp3) is 0.250. The van der Waals surface area contributed by atoms with Gasteiger partial charge in [0.25, 0.3) is 0 Å². The summed E-state index contributed by atoms with van der Waals surface area (Å²) < 4.78 is 25.5. The predicted octanol–water partition coefficient (Wildman–Crippen LogP) is 4.15. The number of halogens is 2. The molecule has 0 fully saturated rings. The highest BCUT2D eigenvalue weighted by Crippen LogP contribution is 2.42. The Labute approximate surface area is 130 Å². The van der Waals surface area contributed by atoms with Crippen molar-refractivity contribution in [3.05, 3.63) is 57.8 Å². The van der Waals surface area contributed by atoms with Gasteiger partial charge >= 0.3 is 0 Å². The Kier molecular flexibility index (Phi) is 3.87. The Hall–Kier alpha value is -1.59. The molecule has 1 aliphatic rings. The zero-order chi connectivity index (χ0) is 15.0.